The predicted molar refractivity (Wildman–Crippen MR) is 56.7 cm³/mol. The van der Waals surface area contributed by atoms with E-state index in [4.69, 9.17) is 10.7 Å². The first-order valence-electron chi connectivity index (χ1n) is 4.76. The van der Waals surface area contributed by atoms with Crippen molar-refractivity contribution in [1.29, 1.82) is 0 Å². The van der Waals surface area contributed by atoms with Gasteiger partial charge in [-0.15, -0.1) is 0 Å². The van der Waals surface area contributed by atoms with Crippen LogP contribution in [0.15, 0.2) is 4.90 Å². The Morgan fingerprint density at radius 2 is 0.905 bits per heavy atom. The van der Waals surface area contributed by atoms with Crippen LogP contribution in [0.1, 0.15) is 0 Å². The Balaban J connectivity index is 3.35. The lowest BCUT2D eigenvalue weighted by atomic mass is 10.1. The van der Waals surface area contributed by atoms with Crippen molar-refractivity contribution in [2.45, 2.75) is 4.90 Å². The highest BCUT2D eigenvalue weighted by atomic mass is 35.7. The summed E-state index contributed by atoms with van der Waals surface area (Å²) in [6.07, 6.45) is 0. The van der Waals surface area contributed by atoms with Gasteiger partial charge in [-0.25, -0.2) is 39.2 Å². The van der Waals surface area contributed by atoms with Crippen molar-refractivity contribution in [3.8, 4) is 0 Å². The summed E-state index contributed by atoms with van der Waals surface area (Å²) in [4.78, 5) is -2.03. The molecule has 0 heterocycles. The smallest absolute Gasteiger partial charge is 0.207 e. The highest BCUT2D eigenvalue weighted by molar-refractivity contribution is 8.14. The lowest BCUT2D eigenvalue weighted by Gasteiger charge is -2.11. The first kappa shape index (κ1) is 15.8. The Kier molecular flexibility index (Phi) is 3.57. The molecule has 2 rings (SSSR count). The van der Waals surface area contributed by atoms with Crippen LogP contribution in [0.5, 0.6) is 0 Å². The van der Waals surface area contributed by atoms with Crippen LogP contribution in [0.25, 0.3) is 10.8 Å². The second-order valence-electron chi connectivity index (χ2n) is 3.71. The standard InChI is InChI=1S/C10ClF7O2S/c11-21(19,20)10-2-1(4(13)8(17)9(10)18)3(12)6(15)7(16)5(2)14. The molecule has 0 spiro atoms. The molecule has 114 valence electrons. The third kappa shape index (κ3) is 2.13. The van der Waals surface area contributed by atoms with E-state index in [1.165, 1.54) is 0 Å². The molecule has 2 aromatic carbocycles. The summed E-state index contributed by atoms with van der Waals surface area (Å²) in [6, 6.07) is 0. The fourth-order valence-corrected chi connectivity index (χ4v) is 2.87. The molecule has 11 heteroatoms. The third-order valence-electron chi connectivity index (χ3n) is 2.54. The van der Waals surface area contributed by atoms with E-state index >= 15 is 0 Å². The Labute approximate surface area is 116 Å². The van der Waals surface area contributed by atoms with Crippen LogP contribution < -0.4 is 0 Å². The summed E-state index contributed by atoms with van der Waals surface area (Å²) in [6.45, 7) is 0. The summed E-state index contributed by atoms with van der Waals surface area (Å²) in [7, 11) is -0.552. The molecule has 0 fully saturated rings. The molecule has 0 aromatic heterocycles. The second kappa shape index (κ2) is 4.73. The van der Waals surface area contributed by atoms with Crippen LogP contribution in [0.4, 0.5) is 30.7 Å². The molecule has 0 radical (unpaired) electrons. The fourth-order valence-electron chi connectivity index (χ4n) is 1.70. The molecule has 0 N–H and O–H groups in total. The van der Waals surface area contributed by atoms with E-state index in [1.807, 2.05) is 0 Å². The van der Waals surface area contributed by atoms with E-state index < -0.39 is 65.4 Å². The number of halogens is 8. The minimum absolute atomic E-state index is 1.86. The quantitative estimate of drug-likeness (QED) is 0.339. The van der Waals surface area contributed by atoms with Gasteiger partial charge in [0, 0.05) is 16.1 Å². The van der Waals surface area contributed by atoms with E-state index in [0.29, 0.717) is 0 Å². The van der Waals surface area contributed by atoms with Crippen molar-refractivity contribution >= 4 is 30.5 Å². The lowest BCUT2D eigenvalue weighted by Crippen LogP contribution is -2.09. The highest BCUT2D eigenvalue weighted by Crippen LogP contribution is 2.37. The van der Waals surface area contributed by atoms with Crippen LogP contribution >= 0.6 is 10.7 Å². The summed E-state index contributed by atoms with van der Waals surface area (Å²) in [5, 5.41) is -3.78. The van der Waals surface area contributed by atoms with Gasteiger partial charge in [-0.3, -0.25) is 0 Å². The zero-order valence-electron chi connectivity index (χ0n) is 9.25. The third-order valence-corrected chi connectivity index (χ3v) is 3.88. The largest absolute Gasteiger partial charge is 0.265 e. The van der Waals surface area contributed by atoms with Crippen molar-refractivity contribution in [3.63, 3.8) is 0 Å². The van der Waals surface area contributed by atoms with Crippen molar-refractivity contribution in [1.82, 2.24) is 0 Å². The van der Waals surface area contributed by atoms with E-state index in [0.717, 1.165) is 0 Å². The van der Waals surface area contributed by atoms with Crippen molar-refractivity contribution in [3.05, 3.63) is 40.7 Å². The molecular weight excluding hydrogens is 353 g/mol. The Bertz CT molecular complexity index is 887. The van der Waals surface area contributed by atoms with Gasteiger partial charge in [-0.1, -0.05) is 0 Å². The Hall–Kier alpha value is -1.55. The Morgan fingerprint density at radius 3 is 1.29 bits per heavy atom. The lowest BCUT2D eigenvalue weighted by molar-refractivity contribution is 0.406. The summed E-state index contributed by atoms with van der Waals surface area (Å²) < 4.78 is 115. The fraction of sp³-hybridized carbons (Fsp3) is 0. The molecule has 0 saturated heterocycles. The average molecular weight is 353 g/mol. The van der Waals surface area contributed by atoms with Crippen LogP contribution in [0, 0.1) is 40.7 Å². The van der Waals surface area contributed by atoms with Gasteiger partial charge in [0.25, 0.3) is 9.05 Å². The van der Waals surface area contributed by atoms with Crippen molar-refractivity contribution < 1.29 is 39.2 Å². The first-order valence-corrected chi connectivity index (χ1v) is 7.07. The SMILES string of the molecule is O=S(=O)(Cl)c1c(F)c(F)c(F)c2c(F)c(F)c(F)c(F)c12. The van der Waals surface area contributed by atoms with Gasteiger partial charge >= 0.3 is 0 Å². The van der Waals surface area contributed by atoms with Gasteiger partial charge < -0.3 is 0 Å². The molecule has 0 aliphatic rings. The number of hydrogen-bond donors (Lipinski definition) is 0. The number of fused-ring (bicyclic) bond motifs is 1. The molecule has 0 unspecified atom stereocenters. The number of hydrogen-bond acceptors (Lipinski definition) is 2. The van der Waals surface area contributed by atoms with E-state index in [9.17, 15) is 39.2 Å². The topological polar surface area (TPSA) is 34.1 Å². The van der Waals surface area contributed by atoms with Crippen LogP contribution in [-0.2, 0) is 9.05 Å². The predicted octanol–water partition coefficient (Wildman–Crippen LogP) is 3.74. The maximum atomic E-state index is 13.6. The monoisotopic (exact) mass is 352 g/mol. The minimum atomic E-state index is -5.27. The minimum Gasteiger partial charge on any atom is -0.207 e. The summed E-state index contributed by atoms with van der Waals surface area (Å²) >= 11 is 0. The maximum absolute atomic E-state index is 13.6. The molecule has 0 saturated carbocycles. The van der Waals surface area contributed by atoms with Gasteiger partial charge in [0.15, 0.2) is 40.7 Å². The van der Waals surface area contributed by atoms with Crippen molar-refractivity contribution in [2.75, 3.05) is 0 Å². The Morgan fingerprint density at radius 1 is 0.571 bits per heavy atom. The van der Waals surface area contributed by atoms with E-state index in [-0.39, 0.29) is 0 Å². The zero-order valence-corrected chi connectivity index (χ0v) is 10.8. The molecular formula is C10ClF7O2S. The molecule has 2 aromatic rings. The summed E-state index contributed by atoms with van der Waals surface area (Å²) in [5.41, 5.74) is 0. The molecule has 0 aliphatic heterocycles. The molecule has 0 amide bonds. The summed E-state index contributed by atoms with van der Waals surface area (Å²) in [5.74, 6) is -17.4. The van der Waals surface area contributed by atoms with E-state index in [2.05, 4.69) is 0 Å². The van der Waals surface area contributed by atoms with Gasteiger partial charge in [-0.05, 0) is 0 Å². The van der Waals surface area contributed by atoms with Gasteiger partial charge in [0.05, 0.1) is 5.39 Å². The molecule has 21 heavy (non-hydrogen) atoms. The first-order chi connectivity index (χ1) is 9.50. The molecule has 2 nitrogen and oxygen atoms in total. The van der Waals surface area contributed by atoms with Gasteiger partial charge in [0.1, 0.15) is 4.90 Å². The molecule has 0 atom stereocenters. The molecule has 0 aliphatic carbocycles. The molecule has 0 bridgehead atoms. The maximum Gasteiger partial charge on any atom is 0.265 e. The van der Waals surface area contributed by atoms with Gasteiger partial charge in [0.2, 0.25) is 0 Å². The number of benzene rings is 2. The van der Waals surface area contributed by atoms with Crippen LogP contribution in [0.3, 0.4) is 0 Å². The van der Waals surface area contributed by atoms with Crippen molar-refractivity contribution in [2.24, 2.45) is 0 Å². The van der Waals surface area contributed by atoms with Gasteiger partial charge in [-0.2, -0.15) is 0 Å². The average Bonchev–Trinajstić information content (AvgIpc) is 2.38. The number of rotatable bonds is 1. The van der Waals surface area contributed by atoms with Crippen LogP contribution in [-0.4, -0.2) is 8.42 Å². The van der Waals surface area contributed by atoms with Crippen LogP contribution in [0.2, 0.25) is 0 Å². The highest BCUT2D eigenvalue weighted by Gasteiger charge is 2.34. The normalized spacial score (nSPS) is 12.2. The van der Waals surface area contributed by atoms with E-state index in [1.54, 1.807) is 0 Å². The zero-order chi connectivity index (χ0) is 16.3. The second-order valence-corrected chi connectivity index (χ2v) is 6.22.